The molecule has 1 atom stereocenters. The summed E-state index contributed by atoms with van der Waals surface area (Å²) in [4.78, 5) is 8.92. The Labute approximate surface area is 103 Å². The number of methoxy groups -OCH3 is 1. The molecule has 1 fully saturated rings. The maximum atomic E-state index is 5.52. The molecular weight excluding hydrogens is 214 g/mol. The van der Waals surface area contributed by atoms with Crippen molar-refractivity contribution in [1.82, 2.24) is 15.3 Å². The molecule has 0 spiro atoms. The molecule has 0 aromatic carbocycles. The SMILES string of the molecule is CCC(C)(OC)c1nccc(CNC2CC2)n1. The number of aromatic nitrogens is 2. The Morgan fingerprint density at radius 3 is 2.88 bits per heavy atom. The first-order chi connectivity index (χ1) is 8.18. The van der Waals surface area contributed by atoms with E-state index in [9.17, 15) is 0 Å². The van der Waals surface area contributed by atoms with Gasteiger partial charge in [-0.2, -0.15) is 0 Å². The molecule has 0 bridgehead atoms. The number of rotatable bonds is 6. The normalized spacial score (nSPS) is 19.0. The largest absolute Gasteiger partial charge is 0.371 e. The molecule has 1 aliphatic carbocycles. The lowest BCUT2D eigenvalue weighted by Gasteiger charge is -2.25. The lowest BCUT2D eigenvalue weighted by atomic mass is 10.0. The molecule has 0 radical (unpaired) electrons. The Morgan fingerprint density at radius 2 is 2.29 bits per heavy atom. The second-order valence-electron chi connectivity index (χ2n) is 4.82. The summed E-state index contributed by atoms with van der Waals surface area (Å²) in [5.41, 5.74) is 0.661. The van der Waals surface area contributed by atoms with E-state index in [4.69, 9.17) is 4.74 Å². The van der Waals surface area contributed by atoms with Crippen molar-refractivity contribution in [3.05, 3.63) is 23.8 Å². The average molecular weight is 235 g/mol. The monoisotopic (exact) mass is 235 g/mol. The Kier molecular flexibility index (Phi) is 3.74. The van der Waals surface area contributed by atoms with Crippen LogP contribution >= 0.6 is 0 Å². The summed E-state index contributed by atoms with van der Waals surface area (Å²) in [6.07, 6.45) is 5.27. The Morgan fingerprint density at radius 1 is 1.53 bits per heavy atom. The van der Waals surface area contributed by atoms with Gasteiger partial charge in [-0.3, -0.25) is 0 Å². The van der Waals surface area contributed by atoms with Gasteiger partial charge in [0.25, 0.3) is 0 Å². The Balaban J connectivity index is 2.08. The van der Waals surface area contributed by atoms with E-state index in [2.05, 4.69) is 22.2 Å². The highest BCUT2D eigenvalue weighted by Gasteiger charge is 2.27. The molecule has 2 rings (SSSR count). The lowest BCUT2D eigenvalue weighted by Crippen LogP contribution is -2.27. The van der Waals surface area contributed by atoms with Crippen molar-refractivity contribution in [3.63, 3.8) is 0 Å². The van der Waals surface area contributed by atoms with Crippen molar-refractivity contribution in [2.24, 2.45) is 0 Å². The Hall–Kier alpha value is -1.00. The highest BCUT2D eigenvalue weighted by Crippen LogP contribution is 2.25. The van der Waals surface area contributed by atoms with E-state index in [1.54, 1.807) is 7.11 Å². The zero-order valence-electron chi connectivity index (χ0n) is 10.9. The minimum atomic E-state index is -0.379. The van der Waals surface area contributed by atoms with Crippen LogP contribution in [0.15, 0.2) is 12.3 Å². The van der Waals surface area contributed by atoms with Crippen molar-refractivity contribution >= 4 is 0 Å². The summed E-state index contributed by atoms with van der Waals surface area (Å²) in [6, 6.07) is 2.67. The van der Waals surface area contributed by atoms with Crippen LogP contribution in [0.5, 0.6) is 0 Å². The molecule has 1 unspecified atom stereocenters. The van der Waals surface area contributed by atoms with Crippen molar-refractivity contribution in [2.45, 2.75) is 51.3 Å². The van der Waals surface area contributed by atoms with E-state index in [1.807, 2.05) is 19.2 Å². The smallest absolute Gasteiger partial charge is 0.160 e. The van der Waals surface area contributed by atoms with Crippen LogP contribution in [0.1, 0.15) is 44.6 Å². The van der Waals surface area contributed by atoms with Gasteiger partial charge < -0.3 is 10.1 Å². The van der Waals surface area contributed by atoms with E-state index in [-0.39, 0.29) is 5.60 Å². The van der Waals surface area contributed by atoms with Crippen LogP contribution in [0.4, 0.5) is 0 Å². The van der Waals surface area contributed by atoms with Crippen LogP contribution in [-0.2, 0) is 16.9 Å². The summed E-state index contributed by atoms with van der Waals surface area (Å²) in [5.74, 6) is 0.776. The predicted molar refractivity (Wildman–Crippen MR) is 66.5 cm³/mol. The number of hydrogen-bond acceptors (Lipinski definition) is 4. The van der Waals surface area contributed by atoms with Gasteiger partial charge in [0, 0.05) is 25.9 Å². The topological polar surface area (TPSA) is 47.0 Å². The summed E-state index contributed by atoms with van der Waals surface area (Å²) in [5, 5.41) is 3.46. The summed E-state index contributed by atoms with van der Waals surface area (Å²) < 4.78 is 5.52. The fourth-order valence-electron chi connectivity index (χ4n) is 1.68. The van der Waals surface area contributed by atoms with Gasteiger partial charge in [0.15, 0.2) is 5.82 Å². The first kappa shape index (κ1) is 12.5. The van der Waals surface area contributed by atoms with Gasteiger partial charge in [0.05, 0.1) is 5.69 Å². The quantitative estimate of drug-likeness (QED) is 0.819. The summed E-state index contributed by atoms with van der Waals surface area (Å²) >= 11 is 0. The van der Waals surface area contributed by atoms with Crippen LogP contribution in [0.2, 0.25) is 0 Å². The van der Waals surface area contributed by atoms with Crippen molar-refractivity contribution < 1.29 is 4.74 Å². The van der Waals surface area contributed by atoms with Gasteiger partial charge in [0.2, 0.25) is 0 Å². The van der Waals surface area contributed by atoms with E-state index in [1.165, 1.54) is 12.8 Å². The Bertz CT molecular complexity index is 373. The number of ether oxygens (including phenoxy) is 1. The van der Waals surface area contributed by atoms with Crippen LogP contribution in [0.25, 0.3) is 0 Å². The molecule has 0 amide bonds. The minimum Gasteiger partial charge on any atom is -0.371 e. The second-order valence-corrected chi connectivity index (χ2v) is 4.82. The maximum Gasteiger partial charge on any atom is 0.160 e. The summed E-state index contributed by atoms with van der Waals surface area (Å²) in [6.45, 7) is 4.94. The molecular formula is C13H21N3O. The lowest BCUT2D eigenvalue weighted by molar-refractivity contribution is -0.00917. The van der Waals surface area contributed by atoms with Gasteiger partial charge in [-0.05, 0) is 32.3 Å². The fourth-order valence-corrected chi connectivity index (χ4v) is 1.68. The molecule has 4 heteroatoms. The van der Waals surface area contributed by atoms with Gasteiger partial charge in [-0.25, -0.2) is 9.97 Å². The van der Waals surface area contributed by atoms with E-state index < -0.39 is 0 Å². The first-order valence-electron chi connectivity index (χ1n) is 6.29. The highest BCUT2D eigenvalue weighted by molar-refractivity contribution is 5.08. The van der Waals surface area contributed by atoms with Gasteiger partial charge >= 0.3 is 0 Å². The van der Waals surface area contributed by atoms with Crippen LogP contribution in [-0.4, -0.2) is 23.1 Å². The molecule has 94 valence electrons. The zero-order chi connectivity index (χ0) is 12.3. The first-order valence-corrected chi connectivity index (χ1v) is 6.29. The molecule has 4 nitrogen and oxygen atoms in total. The molecule has 1 N–H and O–H groups in total. The third kappa shape index (κ3) is 3.01. The molecule has 1 aromatic heterocycles. The van der Waals surface area contributed by atoms with E-state index >= 15 is 0 Å². The van der Waals surface area contributed by atoms with Crippen LogP contribution in [0.3, 0.4) is 0 Å². The molecule has 1 heterocycles. The predicted octanol–water partition coefficient (Wildman–Crippen LogP) is 2.00. The van der Waals surface area contributed by atoms with Gasteiger partial charge in [-0.1, -0.05) is 6.92 Å². The number of nitrogens with one attached hydrogen (secondary N) is 1. The van der Waals surface area contributed by atoms with Crippen molar-refractivity contribution in [2.75, 3.05) is 7.11 Å². The molecule has 1 saturated carbocycles. The average Bonchev–Trinajstić information content (AvgIpc) is 3.20. The van der Waals surface area contributed by atoms with Gasteiger partial charge in [0.1, 0.15) is 5.60 Å². The second kappa shape index (κ2) is 5.10. The molecule has 1 aliphatic rings. The number of nitrogens with zero attached hydrogens (tertiary/aromatic N) is 2. The third-order valence-corrected chi connectivity index (χ3v) is 3.46. The molecule has 1 aromatic rings. The fraction of sp³-hybridized carbons (Fsp3) is 0.692. The van der Waals surface area contributed by atoms with Gasteiger partial charge in [-0.15, -0.1) is 0 Å². The van der Waals surface area contributed by atoms with E-state index in [0.717, 1.165) is 24.5 Å². The van der Waals surface area contributed by atoms with Crippen molar-refractivity contribution in [3.8, 4) is 0 Å². The molecule has 0 aliphatic heterocycles. The minimum absolute atomic E-state index is 0.379. The van der Waals surface area contributed by atoms with E-state index in [0.29, 0.717) is 6.04 Å². The third-order valence-electron chi connectivity index (χ3n) is 3.46. The molecule has 0 saturated heterocycles. The summed E-state index contributed by atoms with van der Waals surface area (Å²) in [7, 11) is 1.71. The van der Waals surface area contributed by atoms with Crippen molar-refractivity contribution in [1.29, 1.82) is 0 Å². The zero-order valence-corrected chi connectivity index (χ0v) is 10.9. The van der Waals surface area contributed by atoms with Crippen LogP contribution < -0.4 is 5.32 Å². The molecule has 17 heavy (non-hydrogen) atoms. The standard InChI is InChI=1S/C13H21N3O/c1-4-13(2,17-3)12-14-8-7-11(16-12)9-15-10-5-6-10/h7-8,10,15H,4-6,9H2,1-3H3. The number of hydrogen-bond donors (Lipinski definition) is 1. The highest BCUT2D eigenvalue weighted by atomic mass is 16.5. The van der Waals surface area contributed by atoms with Crippen LogP contribution in [0, 0.1) is 0 Å². The maximum absolute atomic E-state index is 5.52.